The molecule has 0 spiro atoms. The van der Waals surface area contributed by atoms with E-state index in [9.17, 15) is 17.6 Å². The first-order valence-corrected chi connectivity index (χ1v) is 12.3. The molecule has 35 heavy (non-hydrogen) atoms. The number of urea groups is 1. The topological polar surface area (TPSA) is 100 Å². The lowest BCUT2D eigenvalue weighted by molar-refractivity contribution is 0.251. The zero-order valence-corrected chi connectivity index (χ0v) is 19.8. The molecule has 0 aliphatic heterocycles. The molecule has 10 heteroatoms. The molecule has 0 bridgehead atoms. The fraction of sp³-hybridized carbons (Fsp3) is 0.0400. The van der Waals surface area contributed by atoms with Crippen molar-refractivity contribution in [2.75, 3.05) is 10.0 Å². The van der Waals surface area contributed by atoms with Gasteiger partial charge in [-0.15, -0.1) is 0 Å². The van der Waals surface area contributed by atoms with Crippen LogP contribution in [-0.4, -0.2) is 19.4 Å². The van der Waals surface area contributed by atoms with Crippen LogP contribution in [-0.2, 0) is 16.6 Å². The minimum Gasteiger partial charge on any atom is -0.334 e. The Bertz CT molecular complexity index is 1450. The number of carbonyl (C=O) groups is 1. The molecule has 0 saturated heterocycles. The van der Waals surface area contributed by atoms with Gasteiger partial charge in [-0.3, -0.25) is 9.71 Å². The van der Waals surface area contributed by atoms with Crippen molar-refractivity contribution in [3.05, 3.63) is 108 Å². The highest BCUT2D eigenvalue weighted by Crippen LogP contribution is 2.31. The Morgan fingerprint density at radius 2 is 1.69 bits per heavy atom. The third-order valence-electron chi connectivity index (χ3n) is 4.98. The zero-order chi connectivity index (χ0) is 24.8. The van der Waals surface area contributed by atoms with E-state index in [1.807, 2.05) is 6.07 Å². The molecule has 0 radical (unpaired) electrons. The van der Waals surface area contributed by atoms with Crippen LogP contribution in [0.1, 0.15) is 5.56 Å². The van der Waals surface area contributed by atoms with Crippen LogP contribution in [0.25, 0.3) is 11.1 Å². The Labute approximate surface area is 207 Å². The van der Waals surface area contributed by atoms with E-state index in [0.717, 1.165) is 5.56 Å². The number of halogens is 2. The van der Waals surface area contributed by atoms with Crippen molar-refractivity contribution in [2.24, 2.45) is 0 Å². The maximum atomic E-state index is 13.6. The lowest BCUT2D eigenvalue weighted by Gasteiger charge is -2.13. The quantitative estimate of drug-likeness (QED) is 0.298. The van der Waals surface area contributed by atoms with E-state index >= 15 is 0 Å². The summed E-state index contributed by atoms with van der Waals surface area (Å²) in [5.41, 5.74) is 2.49. The van der Waals surface area contributed by atoms with Crippen LogP contribution in [0.4, 0.5) is 20.6 Å². The second kappa shape index (κ2) is 10.5. The molecule has 3 N–H and O–H groups in total. The number of sulfonamides is 1. The van der Waals surface area contributed by atoms with E-state index in [-0.39, 0.29) is 9.92 Å². The van der Waals surface area contributed by atoms with Gasteiger partial charge in [0.05, 0.1) is 9.92 Å². The third kappa shape index (κ3) is 6.14. The summed E-state index contributed by atoms with van der Waals surface area (Å²) in [5, 5.41) is 5.30. The summed E-state index contributed by atoms with van der Waals surface area (Å²) >= 11 is 5.88. The maximum absolute atomic E-state index is 13.6. The van der Waals surface area contributed by atoms with Crippen LogP contribution in [0.15, 0.2) is 96.2 Å². The first kappa shape index (κ1) is 24.2. The monoisotopic (exact) mass is 510 g/mol. The maximum Gasteiger partial charge on any atom is 0.319 e. The summed E-state index contributed by atoms with van der Waals surface area (Å²) in [7, 11) is -3.98. The molecule has 0 fully saturated rings. The van der Waals surface area contributed by atoms with Crippen molar-refractivity contribution in [1.29, 1.82) is 0 Å². The molecular formula is C25H20ClFN4O3S. The van der Waals surface area contributed by atoms with Crippen LogP contribution in [0.3, 0.4) is 0 Å². The third-order valence-corrected chi connectivity index (χ3v) is 6.71. The highest BCUT2D eigenvalue weighted by atomic mass is 35.5. The van der Waals surface area contributed by atoms with Gasteiger partial charge < -0.3 is 10.6 Å². The Morgan fingerprint density at radius 1 is 0.943 bits per heavy atom. The Morgan fingerprint density at radius 3 is 2.40 bits per heavy atom. The number of rotatable bonds is 7. The molecule has 0 unspecified atom stereocenters. The van der Waals surface area contributed by atoms with E-state index < -0.39 is 21.9 Å². The van der Waals surface area contributed by atoms with Crippen molar-refractivity contribution in [3.63, 3.8) is 0 Å². The fourth-order valence-corrected chi connectivity index (χ4v) is 4.77. The number of carbonyl (C=O) groups excluding carboxylic acids is 1. The number of nitrogens with zero attached hydrogens (tertiary/aromatic N) is 1. The van der Waals surface area contributed by atoms with Crippen molar-refractivity contribution < 1.29 is 17.6 Å². The minimum absolute atomic E-state index is 0.0136. The smallest absolute Gasteiger partial charge is 0.319 e. The van der Waals surface area contributed by atoms with Crippen molar-refractivity contribution in [3.8, 4) is 11.1 Å². The predicted octanol–water partition coefficient (Wildman–Crippen LogP) is 5.66. The van der Waals surface area contributed by atoms with Gasteiger partial charge in [-0.1, -0.05) is 41.9 Å². The summed E-state index contributed by atoms with van der Waals surface area (Å²) in [6.45, 7) is 0.316. The Hall–Kier alpha value is -3.95. The van der Waals surface area contributed by atoms with Crippen LogP contribution in [0.5, 0.6) is 0 Å². The molecule has 1 heterocycles. The number of aromatic nitrogens is 1. The zero-order valence-electron chi connectivity index (χ0n) is 18.2. The number of pyridine rings is 1. The average Bonchev–Trinajstić information content (AvgIpc) is 2.86. The van der Waals surface area contributed by atoms with Crippen LogP contribution >= 0.6 is 11.6 Å². The fourth-order valence-electron chi connectivity index (χ4n) is 3.30. The van der Waals surface area contributed by atoms with Gasteiger partial charge >= 0.3 is 6.03 Å². The second-order valence-electron chi connectivity index (χ2n) is 7.48. The number of anilines is 2. The summed E-state index contributed by atoms with van der Waals surface area (Å²) < 4.78 is 42.4. The van der Waals surface area contributed by atoms with E-state index in [1.165, 1.54) is 36.4 Å². The van der Waals surface area contributed by atoms with Crippen molar-refractivity contribution in [2.45, 2.75) is 11.4 Å². The molecule has 0 atom stereocenters. The standard InChI is InChI=1S/C25H20ClFN4O3S/c26-22-14-18(7-12-23(22)27)21-5-1-2-6-24(21)35(33,34)31-20-10-8-19(9-11-20)30-25(32)29-16-17-4-3-13-28-15-17/h1-15,31H,16H2,(H2,29,30,32). The largest absolute Gasteiger partial charge is 0.334 e. The van der Waals surface area contributed by atoms with Crippen LogP contribution in [0, 0.1) is 5.82 Å². The van der Waals surface area contributed by atoms with Crippen LogP contribution < -0.4 is 15.4 Å². The van der Waals surface area contributed by atoms with Crippen LogP contribution in [0.2, 0.25) is 5.02 Å². The highest BCUT2D eigenvalue weighted by molar-refractivity contribution is 7.92. The average molecular weight is 511 g/mol. The number of hydrogen-bond acceptors (Lipinski definition) is 4. The van der Waals surface area contributed by atoms with Gasteiger partial charge in [0.15, 0.2) is 0 Å². The number of amides is 2. The van der Waals surface area contributed by atoms with Gasteiger partial charge in [0.2, 0.25) is 0 Å². The van der Waals surface area contributed by atoms with E-state index in [1.54, 1.807) is 48.8 Å². The number of hydrogen-bond donors (Lipinski definition) is 3. The molecule has 178 valence electrons. The number of nitrogens with one attached hydrogen (secondary N) is 3. The summed E-state index contributed by atoms with van der Waals surface area (Å²) in [6.07, 6.45) is 3.31. The van der Waals surface area contributed by atoms with Crippen molar-refractivity contribution in [1.82, 2.24) is 10.3 Å². The highest BCUT2D eigenvalue weighted by Gasteiger charge is 2.20. The van der Waals surface area contributed by atoms with Gasteiger partial charge in [-0.25, -0.2) is 17.6 Å². The van der Waals surface area contributed by atoms with E-state index in [2.05, 4.69) is 20.3 Å². The van der Waals surface area contributed by atoms with E-state index in [4.69, 9.17) is 11.6 Å². The normalized spacial score (nSPS) is 11.0. The minimum atomic E-state index is -3.98. The summed E-state index contributed by atoms with van der Waals surface area (Å²) in [4.78, 5) is 16.1. The van der Waals surface area contributed by atoms with Crippen molar-refractivity contribution >= 4 is 39.0 Å². The number of benzene rings is 3. The molecule has 3 aromatic carbocycles. The summed E-state index contributed by atoms with van der Waals surface area (Å²) in [5.74, 6) is -0.590. The lowest BCUT2D eigenvalue weighted by Crippen LogP contribution is -2.28. The molecule has 4 rings (SSSR count). The molecule has 0 aliphatic carbocycles. The van der Waals surface area contributed by atoms with Gasteiger partial charge in [-0.2, -0.15) is 0 Å². The molecule has 0 aliphatic rings. The van der Waals surface area contributed by atoms with Gasteiger partial charge in [-0.05, 0) is 59.7 Å². The lowest BCUT2D eigenvalue weighted by atomic mass is 10.1. The van der Waals surface area contributed by atoms with Gasteiger partial charge in [0.1, 0.15) is 5.82 Å². The Balaban J connectivity index is 1.45. The molecule has 4 aromatic rings. The summed E-state index contributed by atoms with van der Waals surface area (Å²) in [6, 6.07) is 19.8. The predicted molar refractivity (Wildman–Crippen MR) is 134 cm³/mol. The first-order chi connectivity index (χ1) is 16.8. The Kier molecular flexibility index (Phi) is 7.28. The molecule has 0 saturated carbocycles. The second-order valence-corrected chi connectivity index (χ2v) is 9.53. The van der Waals surface area contributed by atoms with Gasteiger partial charge in [0.25, 0.3) is 10.0 Å². The van der Waals surface area contributed by atoms with Gasteiger partial charge in [0, 0.05) is 35.9 Å². The first-order valence-electron chi connectivity index (χ1n) is 10.4. The SMILES string of the molecule is O=C(NCc1cccnc1)Nc1ccc(NS(=O)(=O)c2ccccc2-c2ccc(F)c(Cl)c2)cc1. The molecule has 2 amide bonds. The molecule has 1 aromatic heterocycles. The van der Waals surface area contributed by atoms with E-state index in [0.29, 0.717) is 29.0 Å². The molecular weight excluding hydrogens is 491 g/mol. The molecule has 7 nitrogen and oxygen atoms in total.